The number of aromatic amines is 2. The van der Waals surface area contributed by atoms with Crippen LogP contribution in [0.2, 0.25) is 0 Å². The summed E-state index contributed by atoms with van der Waals surface area (Å²) < 4.78 is 0. The molecule has 10 nitrogen and oxygen atoms in total. The third-order valence-corrected chi connectivity index (χ3v) is 10.1. The van der Waals surface area contributed by atoms with E-state index in [-0.39, 0.29) is 17.4 Å². The van der Waals surface area contributed by atoms with Crippen molar-refractivity contribution in [3.8, 4) is 0 Å². The quantitative estimate of drug-likeness (QED) is 0.291. The van der Waals surface area contributed by atoms with Crippen molar-refractivity contribution in [2.75, 3.05) is 59.4 Å². The number of fused-ring (bicyclic) bond motifs is 2. The van der Waals surface area contributed by atoms with Gasteiger partial charge in [-0.15, -0.1) is 0 Å². The highest BCUT2D eigenvalue weighted by Gasteiger charge is 2.26. The van der Waals surface area contributed by atoms with Crippen LogP contribution in [0.5, 0.6) is 0 Å². The highest BCUT2D eigenvalue weighted by Crippen LogP contribution is 2.28. The molecule has 0 aliphatic carbocycles. The van der Waals surface area contributed by atoms with Crippen LogP contribution in [0.25, 0.3) is 21.8 Å². The van der Waals surface area contributed by atoms with E-state index >= 15 is 0 Å². The van der Waals surface area contributed by atoms with Gasteiger partial charge in [-0.05, 0) is 101 Å². The minimum atomic E-state index is 0.0111. The number of hydrogen-bond acceptors (Lipinski definition) is 6. The Kier molecular flexibility index (Phi) is 12.4. The largest absolute Gasteiger partial charge is 0.343 e. The van der Waals surface area contributed by atoms with Gasteiger partial charge in [-0.2, -0.15) is 5.10 Å². The van der Waals surface area contributed by atoms with Gasteiger partial charge < -0.3 is 19.7 Å². The van der Waals surface area contributed by atoms with Crippen LogP contribution in [0.15, 0.2) is 53.5 Å². The van der Waals surface area contributed by atoms with Crippen LogP contribution in [0.4, 0.5) is 0 Å². The summed E-state index contributed by atoms with van der Waals surface area (Å²) in [7, 11) is 2.19. The molecule has 4 aromatic rings. The number of piperazine rings is 1. The monoisotopic (exact) mass is 655 g/mol. The Balaban J connectivity index is 0.000000150. The summed E-state index contributed by atoms with van der Waals surface area (Å²) in [5.74, 6) is 0.493. The van der Waals surface area contributed by atoms with Gasteiger partial charge in [0.05, 0.1) is 11.7 Å². The Hall–Kier alpha value is -4.02. The second kappa shape index (κ2) is 16.9. The number of para-hydroxylation sites is 1. The molecule has 3 aliphatic rings. The fourth-order valence-corrected chi connectivity index (χ4v) is 7.27. The van der Waals surface area contributed by atoms with Crippen LogP contribution in [0, 0.1) is 13.8 Å². The lowest BCUT2D eigenvalue weighted by molar-refractivity contribution is -0.132. The van der Waals surface area contributed by atoms with Crippen molar-refractivity contribution >= 4 is 34.1 Å². The number of nitrogens with zero attached hydrogens (tertiary/aromatic N) is 5. The molecule has 2 aromatic carbocycles. The van der Waals surface area contributed by atoms with Gasteiger partial charge in [0.1, 0.15) is 0 Å². The molecule has 0 radical (unpaired) electrons. The molecule has 258 valence electrons. The summed E-state index contributed by atoms with van der Waals surface area (Å²) in [5, 5.41) is 9.21. The zero-order chi connectivity index (χ0) is 34.0. The summed E-state index contributed by atoms with van der Waals surface area (Å²) in [4.78, 5) is 46.6. The maximum atomic E-state index is 12.3. The number of hydrogen-bond donors (Lipinski definition) is 2. The van der Waals surface area contributed by atoms with E-state index in [1.54, 1.807) is 0 Å². The molecule has 10 heteroatoms. The number of carbonyl (C=O) groups is 2. The van der Waals surface area contributed by atoms with Crippen molar-refractivity contribution in [3.05, 3.63) is 75.7 Å². The first-order chi connectivity index (χ1) is 23.2. The van der Waals surface area contributed by atoms with Crippen molar-refractivity contribution in [1.82, 2.24) is 34.8 Å². The lowest BCUT2D eigenvalue weighted by Crippen LogP contribution is -2.52. The molecule has 0 atom stereocenters. The highest BCUT2D eigenvalue weighted by molar-refractivity contribution is 5.82. The Morgan fingerprint density at radius 1 is 0.917 bits per heavy atom. The molecule has 5 heterocycles. The number of pyridine rings is 1. The van der Waals surface area contributed by atoms with E-state index < -0.39 is 0 Å². The molecular formula is C38H53N7O3. The number of H-pyrrole nitrogens is 2. The number of nitrogens with one attached hydrogen (secondary N) is 2. The molecular weight excluding hydrogens is 602 g/mol. The molecule has 0 spiro atoms. The van der Waals surface area contributed by atoms with Crippen molar-refractivity contribution in [1.29, 1.82) is 0 Å². The predicted octanol–water partition coefficient (Wildman–Crippen LogP) is 5.07. The maximum Gasteiger partial charge on any atom is 0.251 e. The summed E-state index contributed by atoms with van der Waals surface area (Å²) in [6, 6.07) is 14.9. The molecule has 0 saturated carbocycles. The van der Waals surface area contributed by atoms with Crippen LogP contribution < -0.4 is 5.56 Å². The van der Waals surface area contributed by atoms with Gasteiger partial charge in [0, 0.05) is 68.2 Å². The van der Waals surface area contributed by atoms with Crippen molar-refractivity contribution in [3.63, 3.8) is 0 Å². The molecule has 2 amide bonds. The maximum absolute atomic E-state index is 12.3. The minimum Gasteiger partial charge on any atom is -0.343 e. The van der Waals surface area contributed by atoms with Crippen LogP contribution >= 0.6 is 0 Å². The van der Waals surface area contributed by atoms with Crippen molar-refractivity contribution < 1.29 is 9.59 Å². The molecule has 0 bridgehead atoms. The Labute approximate surface area is 284 Å². The molecule has 3 fully saturated rings. The van der Waals surface area contributed by atoms with Crippen molar-refractivity contribution in [2.45, 2.75) is 71.3 Å². The first kappa shape index (κ1) is 35.3. The lowest BCUT2D eigenvalue weighted by Gasteiger charge is -2.41. The third kappa shape index (κ3) is 9.11. The summed E-state index contributed by atoms with van der Waals surface area (Å²) in [5.41, 5.74) is 5.45. The number of amides is 2. The highest BCUT2D eigenvalue weighted by atomic mass is 16.2. The Morgan fingerprint density at radius 3 is 2.31 bits per heavy atom. The molecule has 48 heavy (non-hydrogen) atoms. The van der Waals surface area contributed by atoms with Gasteiger partial charge in [0.25, 0.3) is 5.56 Å². The number of benzene rings is 2. The van der Waals surface area contributed by atoms with Gasteiger partial charge in [-0.25, -0.2) is 0 Å². The van der Waals surface area contributed by atoms with Crippen molar-refractivity contribution in [2.24, 2.45) is 0 Å². The molecule has 0 unspecified atom stereocenters. The van der Waals surface area contributed by atoms with E-state index in [4.69, 9.17) is 0 Å². The molecule has 7 rings (SSSR count). The number of rotatable bonds is 5. The summed E-state index contributed by atoms with van der Waals surface area (Å²) in [6.07, 6.45) is 8.68. The third-order valence-electron chi connectivity index (χ3n) is 10.1. The lowest BCUT2D eigenvalue weighted by atomic mass is 9.89. The Morgan fingerprint density at radius 2 is 1.62 bits per heavy atom. The topological polar surface area (TPSA) is 109 Å². The van der Waals surface area contributed by atoms with Crippen LogP contribution in [0.1, 0.15) is 68.1 Å². The summed E-state index contributed by atoms with van der Waals surface area (Å²) >= 11 is 0. The number of piperidine rings is 2. The van der Waals surface area contributed by atoms with Gasteiger partial charge in [0.2, 0.25) is 12.3 Å². The van der Waals surface area contributed by atoms with Crippen LogP contribution in [0.3, 0.4) is 0 Å². The average molecular weight is 656 g/mol. The van der Waals surface area contributed by atoms with E-state index in [1.807, 2.05) is 53.3 Å². The molecule has 3 aliphatic heterocycles. The molecule has 2 aromatic heterocycles. The predicted molar refractivity (Wildman–Crippen MR) is 193 cm³/mol. The number of likely N-dealkylation sites (tertiary alicyclic amines) is 2. The van der Waals surface area contributed by atoms with Crippen LogP contribution in [-0.2, 0) is 9.59 Å². The van der Waals surface area contributed by atoms with E-state index in [0.717, 1.165) is 93.0 Å². The average Bonchev–Trinajstić information content (AvgIpc) is 3.58. The van der Waals surface area contributed by atoms with E-state index in [1.165, 1.54) is 42.4 Å². The normalized spacial score (nSPS) is 18.2. The first-order valence-electron chi connectivity index (χ1n) is 17.7. The first-order valence-corrected chi connectivity index (χ1v) is 17.7. The smallest absolute Gasteiger partial charge is 0.251 e. The zero-order valence-corrected chi connectivity index (χ0v) is 29.2. The number of aryl methyl sites for hydroxylation is 2. The summed E-state index contributed by atoms with van der Waals surface area (Å²) in [6.45, 7) is 14.1. The molecule has 2 N–H and O–H groups in total. The number of aromatic nitrogens is 3. The van der Waals surface area contributed by atoms with E-state index in [0.29, 0.717) is 6.42 Å². The van der Waals surface area contributed by atoms with Gasteiger partial charge in [-0.3, -0.25) is 24.4 Å². The van der Waals surface area contributed by atoms with Crippen LogP contribution in [-0.4, -0.2) is 113 Å². The fraction of sp³-hybridized carbons (Fsp3) is 0.526. The standard InChI is InChI=1S/C18H22N2O2.C11H21N3O.C9H10N2/c1-2-5-17(21)20-10-8-13(9-11-20)15-12-14-6-3-4-7-16(14)19-18(15)22;1-12-4-2-11(3-5-12)14-8-6-13(10-15)7-9-14;1-6-3-7(2)9-8(4-6)5-10-11-9/h3-4,6-7,12-13H,2,5,8-11H2,1H3,(H,19,22);10-11H,2-9H2,1H3;3-5H,1-2H3,(H,10,11). The van der Waals surface area contributed by atoms with Gasteiger partial charge in [-0.1, -0.05) is 36.8 Å². The molecule has 3 saturated heterocycles. The van der Waals surface area contributed by atoms with Gasteiger partial charge >= 0.3 is 0 Å². The zero-order valence-electron chi connectivity index (χ0n) is 29.2. The van der Waals surface area contributed by atoms with E-state index in [2.05, 4.69) is 58.0 Å². The second-order valence-corrected chi connectivity index (χ2v) is 13.7. The fourth-order valence-electron chi connectivity index (χ4n) is 7.27. The Bertz CT molecular complexity index is 1690. The second-order valence-electron chi connectivity index (χ2n) is 13.7. The SMILES string of the molecule is CCCC(=O)N1CCC(c2cc3ccccc3[nH]c2=O)CC1.CN1CCC(N2CCN(C=O)CC2)CC1.Cc1cc(C)c2[nH]ncc2c1. The van der Waals surface area contributed by atoms with E-state index in [9.17, 15) is 14.4 Å². The number of carbonyl (C=O) groups excluding carboxylic acids is 2. The minimum absolute atomic E-state index is 0.0111. The van der Waals surface area contributed by atoms with Gasteiger partial charge in [0.15, 0.2) is 0 Å².